The number of likely N-dealkylation sites (tertiary alicyclic amines) is 1. The van der Waals surface area contributed by atoms with Gasteiger partial charge in [-0.3, -0.25) is 4.90 Å². The smallest absolute Gasteiger partial charge is 0.0991 e. The quantitative estimate of drug-likeness (QED) is 0.895. The minimum absolute atomic E-state index is 0.585. The van der Waals surface area contributed by atoms with Gasteiger partial charge in [-0.05, 0) is 56.5 Å². The summed E-state index contributed by atoms with van der Waals surface area (Å²) >= 11 is 0. The number of rotatable bonds is 5. The van der Waals surface area contributed by atoms with E-state index in [9.17, 15) is 0 Å². The van der Waals surface area contributed by atoms with Gasteiger partial charge in [0.25, 0.3) is 0 Å². The highest BCUT2D eigenvalue weighted by Crippen LogP contribution is 2.17. The van der Waals surface area contributed by atoms with Gasteiger partial charge in [0.2, 0.25) is 0 Å². The Bertz CT molecular complexity index is 456. The van der Waals surface area contributed by atoms with E-state index in [1.807, 2.05) is 18.2 Å². The van der Waals surface area contributed by atoms with Gasteiger partial charge >= 0.3 is 0 Å². The average Bonchev–Trinajstić information content (AvgIpc) is 2.48. The van der Waals surface area contributed by atoms with E-state index in [-0.39, 0.29) is 0 Å². The van der Waals surface area contributed by atoms with Crippen LogP contribution >= 0.6 is 0 Å². The molecule has 1 saturated heterocycles. The molecule has 1 N–H and O–H groups in total. The van der Waals surface area contributed by atoms with E-state index in [4.69, 9.17) is 5.26 Å². The first-order valence-corrected chi connectivity index (χ1v) is 7.63. The number of hydrogen-bond acceptors (Lipinski definition) is 3. The summed E-state index contributed by atoms with van der Waals surface area (Å²) < 4.78 is 0. The van der Waals surface area contributed by atoms with Crippen LogP contribution < -0.4 is 5.32 Å². The van der Waals surface area contributed by atoms with Gasteiger partial charge in [-0.25, -0.2) is 0 Å². The van der Waals surface area contributed by atoms with Gasteiger partial charge in [0, 0.05) is 19.1 Å². The van der Waals surface area contributed by atoms with Gasteiger partial charge in [0.15, 0.2) is 0 Å². The average molecular weight is 271 g/mol. The Morgan fingerprint density at radius 1 is 1.40 bits per heavy atom. The molecular formula is C17H25N3. The second kappa shape index (κ2) is 7.42. The first-order chi connectivity index (χ1) is 9.69. The van der Waals surface area contributed by atoms with Crippen LogP contribution in [0.5, 0.6) is 0 Å². The molecule has 0 bridgehead atoms. The summed E-state index contributed by atoms with van der Waals surface area (Å²) in [5, 5.41) is 12.4. The SMILES string of the molecule is CC1CCN(C(C)CNCc2cccc(C#N)c2)CC1. The number of nitrogens with zero attached hydrogens (tertiary/aromatic N) is 2. The number of benzene rings is 1. The molecule has 0 saturated carbocycles. The van der Waals surface area contributed by atoms with Crippen molar-refractivity contribution in [2.75, 3.05) is 19.6 Å². The molecule has 1 aromatic rings. The lowest BCUT2D eigenvalue weighted by Gasteiger charge is -2.35. The Morgan fingerprint density at radius 2 is 2.15 bits per heavy atom. The molecule has 2 rings (SSSR count). The number of piperidine rings is 1. The van der Waals surface area contributed by atoms with Gasteiger partial charge in [-0.15, -0.1) is 0 Å². The molecule has 1 aromatic carbocycles. The van der Waals surface area contributed by atoms with Crippen molar-refractivity contribution in [3.63, 3.8) is 0 Å². The van der Waals surface area contributed by atoms with E-state index in [0.717, 1.165) is 24.6 Å². The molecule has 0 spiro atoms. The van der Waals surface area contributed by atoms with Crippen molar-refractivity contribution in [2.24, 2.45) is 5.92 Å². The maximum Gasteiger partial charge on any atom is 0.0991 e. The summed E-state index contributed by atoms with van der Waals surface area (Å²) in [4.78, 5) is 2.58. The molecule has 1 fully saturated rings. The highest BCUT2D eigenvalue weighted by Gasteiger charge is 2.19. The Labute approximate surface area is 122 Å². The maximum atomic E-state index is 8.89. The van der Waals surface area contributed by atoms with Crippen LogP contribution in [0, 0.1) is 17.2 Å². The first kappa shape index (κ1) is 15.0. The van der Waals surface area contributed by atoms with Crippen molar-refractivity contribution in [1.29, 1.82) is 5.26 Å². The van der Waals surface area contributed by atoms with E-state index in [1.165, 1.54) is 31.5 Å². The minimum atomic E-state index is 0.585. The van der Waals surface area contributed by atoms with Gasteiger partial charge in [-0.2, -0.15) is 5.26 Å². The second-order valence-corrected chi connectivity index (χ2v) is 6.01. The standard InChI is InChI=1S/C17H25N3/c1-14-6-8-20(9-7-14)15(2)12-19-13-17-5-3-4-16(10-17)11-18/h3-5,10,14-15,19H,6-9,12-13H2,1-2H3. The molecule has 1 unspecified atom stereocenters. The van der Waals surface area contributed by atoms with E-state index in [2.05, 4.69) is 36.2 Å². The molecule has 3 heteroatoms. The summed E-state index contributed by atoms with van der Waals surface area (Å²) in [6, 6.07) is 10.6. The summed E-state index contributed by atoms with van der Waals surface area (Å²) in [6.45, 7) is 8.95. The lowest BCUT2D eigenvalue weighted by Crippen LogP contribution is -2.44. The minimum Gasteiger partial charge on any atom is -0.311 e. The molecule has 3 nitrogen and oxygen atoms in total. The second-order valence-electron chi connectivity index (χ2n) is 6.01. The van der Waals surface area contributed by atoms with Gasteiger partial charge < -0.3 is 5.32 Å². The van der Waals surface area contributed by atoms with Crippen LogP contribution in [0.25, 0.3) is 0 Å². The Kier molecular flexibility index (Phi) is 5.58. The molecule has 0 aromatic heterocycles. The molecule has 0 radical (unpaired) electrons. The van der Waals surface area contributed by atoms with E-state index >= 15 is 0 Å². The Hall–Kier alpha value is -1.37. The molecule has 108 valence electrons. The highest BCUT2D eigenvalue weighted by molar-refractivity contribution is 5.32. The van der Waals surface area contributed by atoms with Crippen molar-refractivity contribution < 1.29 is 0 Å². The third kappa shape index (κ3) is 4.33. The van der Waals surface area contributed by atoms with Crippen molar-refractivity contribution in [3.05, 3.63) is 35.4 Å². The van der Waals surface area contributed by atoms with Gasteiger partial charge in [0.05, 0.1) is 11.6 Å². The van der Waals surface area contributed by atoms with Crippen molar-refractivity contribution in [3.8, 4) is 6.07 Å². The summed E-state index contributed by atoms with van der Waals surface area (Å²) in [6.07, 6.45) is 2.66. The predicted molar refractivity (Wildman–Crippen MR) is 82.3 cm³/mol. The normalized spacial score (nSPS) is 18.6. The molecule has 1 aliphatic heterocycles. The van der Waals surface area contributed by atoms with Crippen molar-refractivity contribution in [2.45, 2.75) is 39.3 Å². The third-order valence-corrected chi connectivity index (χ3v) is 4.27. The topological polar surface area (TPSA) is 39.1 Å². The van der Waals surface area contributed by atoms with Crippen LogP contribution in [-0.4, -0.2) is 30.6 Å². The Morgan fingerprint density at radius 3 is 2.85 bits per heavy atom. The maximum absolute atomic E-state index is 8.89. The molecule has 1 aliphatic rings. The lowest BCUT2D eigenvalue weighted by molar-refractivity contribution is 0.144. The number of nitriles is 1. The van der Waals surface area contributed by atoms with Crippen molar-refractivity contribution >= 4 is 0 Å². The van der Waals surface area contributed by atoms with E-state index in [0.29, 0.717) is 6.04 Å². The van der Waals surface area contributed by atoms with Crippen LogP contribution in [-0.2, 0) is 6.54 Å². The molecule has 0 amide bonds. The van der Waals surface area contributed by atoms with Crippen LogP contribution in [0.3, 0.4) is 0 Å². The number of hydrogen-bond donors (Lipinski definition) is 1. The summed E-state index contributed by atoms with van der Waals surface area (Å²) in [7, 11) is 0. The molecule has 1 atom stereocenters. The third-order valence-electron chi connectivity index (χ3n) is 4.27. The predicted octanol–water partition coefficient (Wildman–Crippen LogP) is 2.77. The van der Waals surface area contributed by atoms with E-state index < -0.39 is 0 Å². The zero-order chi connectivity index (χ0) is 14.4. The monoisotopic (exact) mass is 271 g/mol. The lowest BCUT2D eigenvalue weighted by atomic mass is 9.98. The van der Waals surface area contributed by atoms with Crippen LogP contribution in [0.1, 0.15) is 37.8 Å². The fourth-order valence-electron chi connectivity index (χ4n) is 2.77. The van der Waals surface area contributed by atoms with Gasteiger partial charge in [0.1, 0.15) is 0 Å². The number of nitrogens with one attached hydrogen (secondary N) is 1. The molecular weight excluding hydrogens is 246 g/mol. The fraction of sp³-hybridized carbons (Fsp3) is 0.588. The molecule has 0 aliphatic carbocycles. The zero-order valence-corrected chi connectivity index (χ0v) is 12.6. The molecule has 1 heterocycles. The largest absolute Gasteiger partial charge is 0.311 e. The summed E-state index contributed by atoms with van der Waals surface area (Å²) in [5.74, 6) is 0.889. The Balaban J connectivity index is 1.73. The van der Waals surface area contributed by atoms with Gasteiger partial charge in [-0.1, -0.05) is 19.1 Å². The van der Waals surface area contributed by atoms with Crippen LogP contribution in [0.4, 0.5) is 0 Å². The first-order valence-electron chi connectivity index (χ1n) is 7.63. The fourth-order valence-corrected chi connectivity index (χ4v) is 2.77. The van der Waals surface area contributed by atoms with Crippen molar-refractivity contribution in [1.82, 2.24) is 10.2 Å². The highest BCUT2D eigenvalue weighted by atomic mass is 15.2. The van der Waals surface area contributed by atoms with Crippen LogP contribution in [0.15, 0.2) is 24.3 Å². The molecule has 20 heavy (non-hydrogen) atoms. The van der Waals surface area contributed by atoms with E-state index in [1.54, 1.807) is 0 Å². The zero-order valence-electron chi connectivity index (χ0n) is 12.6. The summed E-state index contributed by atoms with van der Waals surface area (Å²) in [5.41, 5.74) is 1.92. The van der Waals surface area contributed by atoms with Crippen LogP contribution in [0.2, 0.25) is 0 Å².